The van der Waals surface area contributed by atoms with Crippen LogP contribution < -0.4 is 48.9 Å². The molecule has 84 heavy (non-hydrogen) atoms. The first-order valence-corrected chi connectivity index (χ1v) is 29.5. The Bertz CT molecular complexity index is 2360. The van der Waals surface area contributed by atoms with Crippen LogP contribution in [0.2, 0.25) is 0 Å². The van der Waals surface area contributed by atoms with Gasteiger partial charge in [-0.05, 0) is 50.6 Å². The number of hydrogen-bond acceptors (Lipinski definition) is 20. The molecule has 4 fully saturated rings. The summed E-state index contributed by atoms with van der Waals surface area (Å²) in [6.07, 6.45) is -4.72. The maximum Gasteiger partial charge on any atom is 0.330 e. The standard InChI is InChI=1S/C54H94N12O18/c1-30(2)35(49(74)75)62-53(78)63-36(32-17-20-58-52(56)59-32)47(73)61-37(39(68)31(3)4)46(72)57-19-16-23-65(22-15-13-11-9-7-6-8-10-12-14-21-64-25-27-81-28-26-64)38(50(76)77)43(84-51-45(80-5)40(69)33(29-55)82-51)44-41(70)42(71)48(83-44)66-24-18-34(67)60-54(66)79/h18,24,30-33,35-45,48,51,68-71H,6-17,19-23,25-29,55H2,1-5H3,(H,57,72)(H,61,73)(H,74,75)(H,76,77)(H3,56,58,59)(H,60,67,79)(H2,62,63,78)/t32?,33-,35?,36?,37?,38?,39?,40+,41+,42-,43?,44+,45-,48-,51-/m1/s1. The van der Waals surface area contributed by atoms with Crippen LogP contribution in [0, 0.1) is 17.2 Å². The van der Waals surface area contributed by atoms with Crippen molar-refractivity contribution in [3.63, 3.8) is 0 Å². The number of rotatable bonds is 36. The van der Waals surface area contributed by atoms with Crippen LogP contribution in [0.5, 0.6) is 0 Å². The van der Waals surface area contributed by atoms with Crippen LogP contribution in [0.25, 0.3) is 0 Å². The number of carboxylic acids is 2. The Morgan fingerprint density at radius 1 is 0.821 bits per heavy atom. The molecule has 0 saturated carbocycles. The number of aliphatic carboxylic acids is 2. The molecule has 7 unspecified atom stereocenters. The van der Waals surface area contributed by atoms with E-state index in [0.717, 1.165) is 101 Å². The Labute approximate surface area is 489 Å². The monoisotopic (exact) mass is 1200 g/mol. The van der Waals surface area contributed by atoms with Crippen LogP contribution in [0.4, 0.5) is 4.79 Å². The van der Waals surface area contributed by atoms with Gasteiger partial charge in [-0.1, -0.05) is 79.1 Å². The van der Waals surface area contributed by atoms with E-state index in [0.29, 0.717) is 12.8 Å². The predicted octanol–water partition coefficient (Wildman–Crippen LogP) is -2.74. The second kappa shape index (κ2) is 34.7. The zero-order chi connectivity index (χ0) is 61.6. The van der Waals surface area contributed by atoms with Crippen molar-refractivity contribution in [1.29, 1.82) is 5.41 Å². The molecular formula is C54H94N12O18. The van der Waals surface area contributed by atoms with Crippen molar-refractivity contribution in [1.82, 2.24) is 51.3 Å². The number of morpholine rings is 1. The molecule has 1 aromatic rings. The minimum atomic E-state index is -1.92. The lowest BCUT2D eigenvalue weighted by molar-refractivity contribution is -0.238. The molecule has 0 radical (unpaired) electrons. The van der Waals surface area contributed by atoms with E-state index in [-0.39, 0.29) is 51.5 Å². The number of nitrogens with zero attached hydrogens (tertiary/aromatic N) is 3. The van der Waals surface area contributed by atoms with E-state index in [4.69, 9.17) is 34.8 Å². The highest BCUT2D eigenvalue weighted by molar-refractivity contribution is 5.94. The lowest BCUT2D eigenvalue weighted by Crippen LogP contribution is -2.67. The van der Waals surface area contributed by atoms with Gasteiger partial charge in [0.2, 0.25) is 11.8 Å². The fourth-order valence-corrected chi connectivity index (χ4v) is 11.0. The summed E-state index contributed by atoms with van der Waals surface area (Å²) in [5.41, 5.74) is 4.15. The average molecular weight is 1200 g/mol. The highest BCUT2D eigenvalue weighted by Gasteiger charge is 2.55. The third-order valence-electron chi connectivity index (χ3n) is 15.8. The SMILES string of the molecule is CO[C@H]1[C@@H](OC(C(C(=O)O)N(CCCCCCCCCCCCN2CCOCC2)CCCNC(=O)C(NC(=O)C(NC(=O)NC(C(=O)O)C(C)C)C2CCNC(=N)N2)C(O)C(C)C)[C@H]2O[C@@H](n3ccc(=O)[nH]c3=O)[C@H](O)[C@@H]2O)O[C@H](CN)[C@@H]1O. The third-order valence-corrected chi connectivity index (χ3v) is 15.8. The smallest absolute Gasteiger partial charge is 0.330 e. The zero-order valence-electron chi connectivity index (χ0n) is 49.0. The van der Waals surface area contributed by atoms with Crippen LogP contribution >= 0.6 is 0 Å². The largest absolute Gasteiger partial charge is 0.480 e. The number of carboxylic acid groups (broad SMARTS) is 2. The number of aliphatic hydroxyl groups excluding tert-OH is 4. The molecular weight excluding hydrogens is 1100 g/mol. The van der Waals surface area contributed by atoms with Gasteiger partial charge in [0.15, 0.2) is 18.5 Å². The van der Waals surface area contributed by atoms with Crippen molar-refractivity contribution < 1.29 is 78.3 Å². The number of aliphatic hydroxyl groups is 4. The Morgan fingerprint density at radius 3 is 2.05 bits per heavy atom. The molecule has 1 aromatic heterocycles. The van der Waals surface area contributed by atoms with E-state index in [9.17, 15) is 64.2 Å². The van der Waals surface area contributed by atoms with Gasteiger partial charge in [0.1, 0.15) is 66.9 Å². The van der Waals surface area contributed by atoms with Crippen LogP contribution in [0.15, 0.2) is 21.9 Å². The second-order valence-electron chi connectivity index (χ2n) is 22.7. The lowest BCUT2D eigenvalue weighted by Gasteiger charge is -2.39. The Balaban J connectivity index is 1.36. The van der Waals surface area contributed by atoms with E-state index < -0.39 is 144 Å². The maximum absolute atomic E-state index is 14.2. The predicted molar refractivity (Wildman–Crippen MR) is 302 cm³/mol. The minimum Gasteiger partial charge on any atom is -0.480 e. The molecule has 0 aromatic carbocycles. The molecule has 30 nitrogen and oxygen atoms in total. The third kappa shape index (κ3) is 20.1. The number of carbonyl (C=O) groups excluding carboxylic acids is 3. The summed E-state index contributed by atoms with van der Waals surface area (Å²) in [4.78, 5) is 98.5. The molecule has 30 heteroatoms. The maximum atomic E-state index is 14.2. The number of hydrogen-bond donors (Lipinski definition) is 15. The Kier molecular flexibility index (Phi) is 28.7. The summed E-state index contributed by atoms with van der Waals surface area (Å²) in [7, 11) is 1.27. The van der Waals surface area contributed by atoms with Gasteiger partial charge >= 0.3 is 23.7 Å². The van der Waals surface area contributed by atoms with Crippen molar-refractivity contribution in [3.8, 4) is 0 Å². The Hall–Kier alpha value is -5.38. The van der Waals surface area contributed by atoms with Crippen molar-refractivity contribution in [3.05, 3.63) is 33.1 Å². The summed E-state index contributed by atoms with van der Waals surface area (Å²) in [5.74, 6) is -5.89. The fraction of sp³-hybridized carbons (Fsp3) is 0.815. The lowest BCUT2D eigenvalue weighted by atomic mass is 9.96. The van der Waals surface area contributed by atoms with Crippen LogP contribution in [0.3, 0.4) is 0 Å². The molecule has 15 atom stereocenters. The van der Waals surface area contributed by atoms with Gasteiger partial charge in [-0.2, -0.15) is 0 Å². The molecule has 0 bridgehead atoms. The van der Waals surface area contributed by atoms with E-state index in [1.54, 1.807) is 32.6 Å². The molecule has 5 rings (SSSR count). The number of H-pyrrole nitrogens is 1. The normalized spacial score (nSPS) is 26.0. The van der Waals surface area contributed by atoms with Crippen molar-refractivity contribution >= 4 is 35.7 Å². The summed E-state index contributed by atoms with van der Waals surface area (Å²) in [5, 5.41) is 90.5. The van der Waals surface area contributed by atoms with Gasteiger partial charge < -0.3 is 92.0 Å². The highest BCUT2D eigenvalue weighted by atomic mass is 16.7. The fourth-order valence-electron chi connectivity index (χ4n) is 11.0. The van der Waals surface area contributed by atoms with Gasteiger partial charge in [-0.15, -0.1) is 0 Å². The average Bonchev–Trinajstić information content (AvgIpc) is 2.42. The first-order valence-electron chi connectivity index (χ1n) is 29.5. The number of guanidine groups is 1. The number of amides is 4. The zero-order valence-corrected chi connectivity index (χ0v) is 49.0. The first kappa shape index (κ1) is 69.4. The van der Waals surface area contributed by atoms with Gasteiger partial charge in [-0.25, -0.2) is 14.4 Å². The molecule has 16 N–H and O–H groups in total. The summed E-state index contributed by atoms with van der Waals surface area (Å²) in [6, 6.07) is -7.12. The van der Waals surface area contributed by atoms with Gasteiger partial charge in [0.05, 0.1) is 25.4 Å². The van der Waals surface area contributed by atoms with Crippen molar-refractivity contribution in [2.75, 3.05) is 72.7 Å². The number of urea groups is 1. The molecule has 4 aliphatic rings. The van der Waals surface area contributed by atoms with Gasteiger partial charge in [0, 0.05) is 58.6 Å². The number of nitrogens with two attached hydrogens (primary N) is 1. The molecule has 4 saturated heterocycles. The number of methoxy groups -OCH3 is 1. The number of carbonyl (C=O) groups is 5. The molecule has 5 heterocycles. The number of ether oxygens (including phenoxy) is 5. The van der Waals surface area contributed by atoms with Gasteiger partial charge in [-0.3, -0.25) is 43.9 Å². The van der Waals surface area contributed by atoms with E-state index >= 15 is 0 Å². The Morgan fingerprint density at radius 2 is 1.46 bits per heavy atom. The summed E-state index contributed by atoms with van der Waals surface area (Å²) in [6.45, 7) is 10.9. The van der Waals surface area contributed by atoms with Crippen molar-refractivity contribution in [2.45, 2.75) is 196 Å². The summed E-state index contributed by atoms with van der Waals surface area (Å²) >= 11 is 0. The topological polar surface area (TPSA) is 436 Å². The van der Waals surface area contributed by atoms with Crippen LogP contribution in [-0.4, -0.2) is 244 Å². The molecule has 4 aliphatic heterocycles. The van der Waals surface area contributed by atoms with Crippen LogP contribution in [0.1, 0.15) is 111 Å². The molecule has 4 amide bonds. The molecule has 478 valence electrons. The number of aromatic amines is 1. The van der Waals surface area contributed by atoms with E-state index in [2.05, 4.69) is 41.8 Å². The van der Waals surface area contributed by atoms with Gasteiger partial charge in [0.25, 0.3) is 5.56 Å². The number of unbranched alkanes of at least 4 members (excludes halogenated alkanes) is 9. The van der Waals surface area contributed by atoms with Crippen LogP contribution in [-0.2, 0) is 42.9 Å². The number of aromatic nitrogens is 2. The quantitative estimate of drug-likeness (QED) is 0.0303. The van der Waals surface area contributed by atoms with Crippen molar-refractivity contribution in [2.24, 2.45) is 17.6 Å². The minimum absolute atomic E-state index is 0.0276. The molecule has 0 spiro atoms. The van der Waals surface area contributed by atoms with E-state index in [1.807, 2.05) is 0 Å². The van der Waals surface area contributed by atoms with E-state index in [1.165, 1.54) is 7.11 Å². The highest BCUT2D eigenvalue weighted by Crippen LogP contribution is 2.36. The molecule has 0 aliphatic carbocycles. The second-order valence-corrected chi connectivity index (χ2v) is 22.7. The first-order chi connectivity index (χ1) is 40.1. The number of nitrogens with one attached hydrogen (secondary N) is 8. The summed E-state index contributed by atoms with van der Waals surface area (Å²) < 4.78 is 30.4.